The Balaban J connectivity index is 2.19. The molecule has 1 unspecified atom stereocenters. The van der Waals surface area contributed by atoms with Gasteiger partial charge in [0.05, 0.1) is 6.04 Å². The average molecular weight is 224 g/mol. The maximum atomic E-state index is 11.6. The predicted octanol–water partition coefficient (Wildman–Crippen LogP) is 1.94. The van der Waals surface area contributed by atoms with Crippen molar-refractivity contribution < 1.29 is 4.79 Å². The molecule has 16 heavy (non-hydrogen) atoms. The van der Waals surface area contributed by atoms with Gasteiger partial charge < -0.3 is 10.2 Å². The smallest absolute Gasteiger partial charge is 0.238 e. The lowest BCUT2D eigenvalue weighted by molar-refractivity contribution is -0.130. The molecule has 3 heteroatoms. The molecule has 1 aliphatic carbocycles. The molecule has 0 saturated carbocycles. The summed E-state index contributed by atoms with van der Waals surface area (Å²) in [6.45, 7) is 2.84. The highest BCUT2D eigenvalue weighted by molar-refractivity contribution is 5.80. The van der Waals surface area contributed by atoms with Crippen LogP contribution in [0.4, 0.5) is 0 Å². The number of rotatable bonds is 5. The summed E-state index contributed by atoms with van der Waals surface area (Å²) in [5, 5.41) is 3.28. The van der Waals surface area contributed by atoms with Crippen molar-refractivity contribution in [2.75, 3.05) is 20.6 Å². The number of hydrogen-bond donors (Lipinski definition) is 1. The predicted molar refractivity (Wildman–Crippen MR) is 67.3 cm³/mol. The minimum Gasteiger partial charge on any atom is -0.347 e. The Morgan fingerprint density at radius 1 is 1.50 bits per heavy atom. The summed E-state index contributed by atoms with van der Waals surface area (Å²) in [6, 6.07) is -0.0702. The average Bonchev–Trinajstić information content (AvgIpc) is 2.29. The summed E-state index contributed by atoms with van der Waals surface area (Å²) in [5.74, 6) is 0.151. The Hall–Kier alpha value is -0.830. The first-order valence-corrected chi connectivity index (χ1v) is 6.23. The van der Waals surface area contributed by atoms with Crippen LogP contribution in [0.5, 0.6) is 0 Å². The van der Waals surface area contributed by atoms with Gasteiger partial charge in [-0.05, 0) is 45.6 Å². The molecule has 0 bridgehead atoms. The minimum atomic E-state index is -0.0702. The third-order valence-electron chi connectivity index (χ3n) is 3.09. The molecule has 0 heterocycles. The number of hydrogen-bond acceptors (Lipinski definition) is 2. The Bertz CT molecular complexity index is 259. The second kappa shape index (κ2) is 6.69. The number of amides is 1. The zero-order valence-corrected chi connectivity index (χ0v) is 10.8. The van der Waals surface area contributed by atoms with E-state index in [2.05, 4.69) is 11.4 Å². The maximum Gasteiger partial charge on any atom is 0.238 e. The van der Waals surface area contributed by atoms with Gasteiger partial charge in [0.2, 0.25) is 5.91 Å². The van der Waals surface area contributed by atoms with Gasteiger partial charge in [-0.1, -0.05) is 11.6 Å². The zero-order chi connectivity index (χ0) is 12.0. The first-order chi connectivity index (χ1) is 7.61. The quantitative estimate of drug-likeness (QED) is 0.724. The van der Waals surface area contributed by atoms with Gasteiger partial charge in [0.25, 0.3) is 0 Å². The second-order valence-corrected chi connectivity index (χ2v) is 4.77. The van der Waals surface area contributed by atoms with Crippen LogP contribution < -0.4 is 5.32 Å². The number of carbonyl (C=O) groups excluding carboxylic acids is 1. The monoisotopic (exact) mass is 224 g/mol. The van der Waals surface area contributed by atoms with Crippen molar-refractivity contribution in [1.29, 1.82) is 0 Å². The summed E-state index contributed by atoms with van der Waals surface area (Å²) in [5.41, 5.74) is 1.56. The third kappa shape index (κ3) is 4.35. The molecule has 1 amide bonds. The largest absolute Gasteiger partial charge is 0.347 e. The minimum absolute atomic E-state index is 0.0702. The molecular weight excluding hydrogens is 200 g/mol. The topological polar surface area (TPSA) is 32.3 Å². The molecule has 0 fully saturated rings. The number of nitrogens with one attached hydrogen (secondary N) is 1. The highest BCUT2D eigenvalue weighted by Crippen LogP contribution is 2.19. The van der Waals surface area contributed by atoms with Gasteiger partial charge in [-0.3, -0.25) is 4.79 Å². The fourth-order valence-corrected chi connectivity index (χ4v) is 2.06. The van der Waals surface area contributed by atoms with E-state index < -0.39 is 0 Å². The molecule has 0 aromatic heterocycles. The number of carbonyl (C=O) groups is 1. The first kappa shape index (κ1) is 13.2. The van der Waals surface area contributed by atoms with E-state index in [-0.39, 0.29) is 11.9 Å². The first-order valence-electron chi connectivity index (χ1n) is 6.23. The third-order valence-corrected chi connectivity index (χ3v) is 3.09. The van der Waals surface area contributed by atoms with Crippen LogP contribution in [0.2, 0.25) is 0 Å². The van der Waals surface area contributed by atoms with E-state index in [0.29, 0.717) is 0 Å². The molecule has 92 valence electrons. The molecule has 1 atom stereocenters. The van der Waals surface area contributed by atoms with Gasteiger partial charge in [0, 0.05) is 14.1 Å². The van der Waals surface area contributed by atoms with Crippen molar-refractivity contribution in [1.82, 2.24) is 10.2 Å². The van der Waals surface area contributed by atoms with Crippen LogP contribution in [0, 0.1) is 0 Å². The van der Waals surface area contributed by atoms with Gasteiger partial charge in [-0.2, -0.15) is 0 Å². The van der Waals surface area contributed by atoms with Crippen LogP contribution in [0.25, 0.3) is 0 Å². The van der Waals surface area contributed by atoms with Crippen LogP contribution in [0.15, 0.2) is 11.6 Å². The molecule has 3 nitrogen and oxygen atoms in total. The van der Waals surface area contributed by atoms with E-state index in [1.807, 2.05) is 6.92 Å². The maximum absolute atomic E-state index is 11.6. The fraction of sp³-hybridized carbons (Fsp3) is 0.769. The van der Waals surface area contributed by atoms with Crippen LogP contribution in [-0.2, 0) is 4.79 Å². The molecule has 1 aliphatic rings. The Labute approximate surface area is 98.9 Å². The van der Waals surface area contributed by atoms with Crippen molar-refractivity contribution in [2.24, 2.45) is 0 Å². The summed E-state index contributed by atoms with van der Waals surface area (Å²) < 4.78 is 0. The molecular formula is C13H24N2O. The van der Waals surface area contributed by atoms with Crippen molar-refractivity contribution >= 4 is 5.91 Å². The van der Waals surface area contributed by atoms with Gasteiger partial charge in [0.1, 0.15) is 0 Å². The highest BCUT2D eigenvalue weighted by atomic mass is 16.2. The van der Waals surface area contributed by atoms with E-state index in [1.54, 1.807) is 24.6 Å². The lowest BCUT2D eigenvalue weighted by Gasteiger charge is -2.19. The van der Waals surface area contributed by atoms with Gasteiger partial charge in [-0.15, -0.1) is 0 Å². The lowest BCUT2D eigenvalue weighted by atomic mass is 9.97. The summed E-state index contributed by atoms with van der Waals surface area (Å²) in [6.07, 6.45) is 8.61. The fourth-order valence-electron chi connectivity index (χ4n) is 2.06. The molecule has 0 aromatic carbocycles. The standard InChI is InChI=1S/C13H24N2O/c1-11(13(16)15(2)3)14-10-9-12-7-5-4-6-8-12/h7,11,14H,4-6,8-10H2,1-3H3. The molecule has 0 aromatic rings. The van der Waals surface area contributed by atoms with Crippen LogP contribution in [0.3, 0.4) is 0 Å². The van der Waals surface area contributed by atoms with Crippen molar-refractivity contribution in [3.63, 3.8) is 0 Å². The van der Waals surface area contributed by atoms with Crippen molar-refractivity contribution in [2.45, 2.75) is 45.1 Å². The van der Waals surface area contributed by atoms with Crippen LogP contribution in [0.1, 0.15) is 39.0 Å². The number of nitrogens with zero attached hydrogens (tertiary/aromatic N) is 1. The van der Waals surface area contributed by atoms with Gasteiger partial charge in [-0.25, -0.2) is 0 Å². The van der Waals surface area contributed by atoms with E-state index >= 15 is 0 Å². The summed E-state index contributed by atoms with van der Waals surface area (Å²) in [4.78, 5) is 13.2. The molecule has 0 aliphatic heterocycles. The molecule has 0 radical (unpaired) electrons. The number of likely N-dealkylation sites (N-methyl/N-ethyl adjacent to an activating group) is 1. The Morgan fingerprint density at radius 3 is 2.81 bits per heavy atom. The van der Waals surface area contributed by atoms with E-state index in [0.717, 1.165) is 13.0 Å². The van der Waals surface area contributed by atoms with Gasteiger partial charge >= 0.3 is 0 Å². The lowest BCUT2D eigenvalue weighted by Crippen LogP contribution is -2.41. The van der Waals surface area contributed by atoms with Crippen LogP contribution in [-0.4, -0.2) is 37.5 Å². The molecule has 1 N–H and O–H groups in total. The van der Waals surface area contributed by atoms with Crippen molar-refractivity contribution in [3.05, 3.63) is 11.6 Å². The summed E-state index contributed by atoms with van der Waals surface area (Å²) >= 11 is 0. The molecule has 1 rings (SSSR count). The van der Waals surface area contributed by atoms with Crippen LogP contribution >= 0.6 is 0 Å². The second-order valence-electron chi connectivity index (χ2n) is 4.77. The normalized spacial score (nSPS) is 17.8. The van der Waals surface area contributed by atoms with E-state index in [9.17, 15) is 4.79 Å². The van der Waals surface area contributed by atoms with E-state index in [1.165, 1.54) is 25.7 Å². The SMILES string of the molecule is CC(NCCC1=CCCCC1)C(=O)N(C)C. The van der Waals surface area contributed by atoms with Crippen molar-refractivity contribution in [3.8, 4) is 0 Å². The Morgan fingerprint density at radius 2 is 2.25 bits per heavy atom. The highest BCUT2D eigenvalue weighted by Gasteiger charge is 2.13. The zero-order valence-electron chi connectivity index (χ0n) is 10.8. The molecule has 0 saturated heterocycles. The Kier molecular flexibility index (Phi) is 5.53. The number of allylic oxidation sites excluding steroid dienone is 1. The molecule has 0 spiro atoms. The van der Waals surface area contributed by atoms with Gasteiger partial charge in [0.15, 0.2) is 0 Å². The van der Waals surface area contributed by atoms with E-state index in [4.69, 9.17) is 0 Å². The summed E-state index contributed by atoms with van der Waals surface area (Å²) in [7, 11) is 3.59.